The number of carbonyl (C=O) groups excluding carboxylic acids is 1. The number of anilines is 2. The molecule has 0 radical (unpaired) electrons. The van der Waals surface area contributed by atoms with Crippen molar-refractivity contribution in [2.24, 2.45) is 0 Å². The molecule has 0 aliphatic carbocycles. The van der Waals surface area contributed by atoms with Crippen LogP contribution in [-0.2, 0) is 9.59 Å². The molecule has 0 atom stereocenters. The number of aliphatic carboxylic acids is 1. The lowest BCUT2D eigenvalue weighted by atomic mass is 10.2. The Morgan fingerprint density at radius 2 is 1.81 bits per heavy atom. The predicted octanol–water partition coefficient (Wildman–Crippen LogP) is 4.56. The van der Waals surface area contributed by atoms with Crippen molar-refractivity contribution >= 4 is 46.5 Å². The number of halogens is 2. The van der Waals surface area contributed by atoms with E-state index < -0.39 is 5.97 Å². The molecule has 4 rings (SSSR count). The molecule has 8 nitrogen and oxygen atoms in total. The monoisotopic (exact) mass is 535 g/mol. The molecule has 1 N–H and O–H groups in total. The van der Waals surface area contributed by atoms with Crippen molar-refractivity contribution in [2.75, 3.05) is 62.3 Å². The SMILES string of the molecule is O=C(O)CCCN1C(=O)COc2ccc(OCCCCN3CCN(c4cccc(Cl)c4Cl)CC3)cc21. The van der Waals surface area contributed by atoms with Crippen molar-refractivity contribution in [2.45, 2.75) is 25.7 Å². The van der Waals surface area contributed by atoms with Gasteiger partial charge in [-0.05, 0) is 50.1 Å². The van der Waals surface area contributed by atoms with Crippen LogP contribution in [0.1, 0.15) is 25.7 Å². The minimum absolute atomic E-state index is 0.0135. The van der Waals surface area contributed by atoms with E-state index in [1.165, 1.54) is 0 Å². The molecule has 0 bridgehead atoms. The second kappa shape index (κ2) is 12.5. The summed E-state index contributed by atoms with van der Waals surface area (Å²) in [5.74, 6) is 0.223. The van der Waals surface area contributed by atoms with Crippen LogP contribution in [0.4, 0.5) is 11.4 Å². The van der Waals surface area contributed by atoms with Crippen molar-refractivity contribution in [1.82, 2.24) is 4.90 Å². The van der Waals surface area contributed by atoms with Gasteiger partial charge >= 0.3 is 5.97 Å². The summed E-state index contributed by atoms with van der Waals surface area (Å²) >= 11 is 12.5. The minimum atomic E-state index is -0.875. The molecule has 0 aromatic heterocycles. The highest BCUT2D eigenvalue weighted by atomic mass is 35.5. The van der Waals surface area contributed by atoms with E-state index in [1.54, 1.807) is 17.0 Å². The van der Waals surface area contributed by atoms with Gasteiger partial charge in [-0.2, -0.15) is 0 Å². The number of carbonyl (C=O) groups is 2. The van der Waals surface area contributed by atoms with Gasteiger partial charge in [0.1, 0.15) is 11.5 Å². The number of piperazine rings is 1. The standard InChI is InChI=1S/C26H31Cl2N3O5/c27-20-5-3-6-21(26(20)28)30-14-12-29(13-15-30)10-1-2-16-35-19-8-9-23-22(17-19)31(24(32)18-36-23)11-4-7-25(33)34/h3,5-6,8-9,17H,1-2,4,7,10-16,18H2,(H,33,34). The highest BCUT2D eigenvalue weighted by molar-refractivity contribution is 6.43. The summed E-state index contributed by atoms with van der Waals surface area (Å²) in [6.07, 6.45) is 2.33. The number of hydrogen-bond donors (Lipinski definition) is 1. The van der Waals surface area contributed by atoms with Gasteiger partial charge < -0.3 is 24.4 Å². The van der Waals surface area contributed by atoms with Crippen molar-refractivity contribution < 1.29 is 24.2 Å². The van der Waals surface area contributed by atoms with E-state index in [9.17, 15) is 9.59 Å². The van der Waals surface area contributed by atoms with Crippen LogP contribution in [0.2, 0.25) is 10.0 Å². The first-order valence-electron chi connectivity index (χ1n) is 12.3. The molecule has 0 spiro atoms. The molecular formula is C26H31Cl2N3O5. The maximum Gasteiger partial charge on any atom is 0.303 e. The fourth-order valence-corrected chi connectivity index (χ4v) is 4.90. The van der Waals surface area contributed by atoms with Gasteiger partial charge in [-0.25, -0.2) is 0 Å². The van der Waals surface area contributed by atoms with E-state index in [2.05, 4.69) is 9.80 Å². The Morgan fingerprint density at radius 3 is 2.58 bits per heavy atom. The Bertz CT molecular complexity index is 1080. The molecular weight excluding hydrogens is 505 g/mol. The van der Waals surface area contributed by atoms with Gasteiger partial charge in [-0.1, -0.05) is 29.3 Å². The summed E-state index contributed by atoms with van der Waals surface area (Å²) in [7, 11) is 0. The molecule has 10 heteroatoms. The van der Waals surface area contributed by atoms with Crippen LogP contribution in [0, 0.1) is 0 Å². The van der Waals surface area contributed by atoms with Gasteiger partial charge in [0.25, 0.3) is 5.91 Å². The Labute approximate surface area is 221 Å². The number of ether oxygens (including phenoxy) is 2. The average Bonchev–Trinajstić information content (AvgIpc) is 2.87. The van der Waals surface area contributed by atoms with Crippen molar-refractivity contribution in [3.63, 3.8) is 0 Å². The van der Waals surface area contributed by atoms with Gasteiger partial charge in [0.2, 0.25) is 0 Å². The summed E-state index contributed by atoms with van der Waals surface area (Å²) in [5.41, 5.74) is 1.63. The summed E-state index contributed by atoms with van der Waals surface area (Å²) in [6, 6.07) is 11.2. The molecule has 1 amide bonds. The molecule has 1 saturated heterocycles. The van der Waals surface area contributed by atoms with Crippen LogP contribution in [0.3, 0.4) is 0 Å². The van der Waals surface area contributed by atoms with E-state index in [0.717, 1.165) is 51.3 Å². The molecule has 2 aromatic rings. The number of fused-ring (bicyclic) bond motifs is 1. The largest absolute Gasteiger partial charge is 0.494 e. The summed E-state index contributed by atoms with van der Waals surface area (Å²) in [5, 5.41) is 10.1. The third-order valence-electron chi connectivity index (χ3n) is 6.43. The highest BCUT2D eigenvalue weighted by Crippen LogP contribution is 2.36. The van der Waals surface area contributed by atoms with Crippen LogP contribution in [0.5, 0.6) is 11.5 Å². The first kappa shape index (κ1) is 26.4. The van der Waals surface area contributed by atoms with E-state index in [0.29, 0.717) is 46.8 Å². The first-order chi connectivity index (χ1) is 17.4. The fourth-order valence-electron chi connectivity index (χ4n) is 4.48. The molecule has 2 aliphatic rings. The normalized spacial score (nSPS) is 16.0. The number of carboxylic acid groups (broad SMARTS) is 1. The number of unbranched alkanes of at least 4 members (excludes halogenated alkanes) is 1. The Morgan fingerprint density at radius 1 is 1.00 bits per heavy atom. The zero-order chi connectivity index (χ0) is 25.5. The summed E-state index contributed by atoms with van der Waals surface area (Å²) in [6.45, 7) is 5.64. The maximum atomic E-state index is 12.3. The second-order valence-corrected chi connectivity index (χ2v) is 9.70. The number of amides is 1. The molecule has 2 aromatic carbocycles. The molecule has 36 heavy (non-hydrogen) atoms. The number of hydrogen-bond acceptors (Lipinski definition) is 6. The zero-order valence-electron chi connectivity index (χ0n) is 20.1. The van der Waals surface area contributed by atoms with Crippen LogP contribution in [-0.4, -0.2) is 74.4 Å². The van der Waals surface area contributed by atoms with Crippen LogP contribution >= 0.6 is 23.2 Å². The van der Waals surface area contributed by atoms with Crippen LogP contribution in [0.25, 0.3) is 0 Å². The van der Waals surface area contributed by atoms with Crippen LogP contribution < -0.4 is 19.3 Å². The first-order valence-corrected chi connectivity index (χ1v) is 13.0. The van der Waals surface area contributed by atoms with E-state index >= 15 is 0 Å². The Hall–Kier alpha value is -2.68. The van der Waals surface area contributed by atoms with E-state index in [1.807, 2.05) is 24.3 Å². The number of rotatable bonds is 11. The molecule has 2 aliphatic heterocycles. The predicted molar refractivity (Wildman–Crippen MR) is 141 cm³/mol. The lowest BCUT2D eigenvalue weighted by Crippen LogP contribution is -2.46. The van der Waals surface area contributed by atoms with Gasteiger partial charge in [0.05, 0.1) is 28.0 Å². The maximum absolute atomic E-state index is 12.3. The summed E-state index contributed by atoms with van der Waals surface area (Å²) in [4.78, 5) is 29.5. The van der Waals surface area contributed by atoms with E-state index in [4.69, 9.17) is 37.8 Å². The number of carboxylic acids is 1. The molecule has 1 fully saturated rings. The fraction of sp³-hybridized carbons (Fsp3) is 0.462. The molecule has 0 unspecified atom stereocenters. The third-order valence-corrected chi connectivity index (χ3v) is 7.24. The van der Waals surface area contributed by atoms with Gasteiger partial charge in [-0.15, -0.1) is 0 Å². The average molecular weight is 536 g/mol. The quantitative estimate of drug-likeness (QED) is 0.422. The highest BCUT2D eigenvalue weighted by Gasteiger charge is 2.26. The number of benzene rings is 2. The number of nitrogens with zero attached hydrogens (tertiary/aromatic N) is 3. The second-order valence-electron chi connectivity index (χ2n) is 8.92. The lowest BCUT2D eigenvalue weighted by molar-refractivity contribution is -0.137. The third kappa shape index (κ3) is 6.75. The zero-order valence-corrected chi connectivity index (χ0v) is 21.6. The topological polar surface area (TPSA) is 82.5 Å². The van der Waals surface area contributed by atoms with Gasteiger partial charge in [0.15, 0.2) is 6.61 Å². The van der Waals surface area contributed by atoms with Gasteiger partial charge in [0, 0.05) is 45.2 Å². The van der Waals surface area contributed by atoms with Crippen molar-refractivity contribution in [3.8, 4) is 11.5 Å². The smallest absolute Gasteiger partial charge is 0.303 e. The molecule has 0 saturated carbocycles. The van der Waals surface area contributed by atoms with Crippen molar-refractivity contribution in [1.29, 1.82) is 0 Å². The van der Waals surface area contributed by atoms with Crippen LogP contribution in [0.15, 0.2) is 36.4 Å². The molecule has 2 heterocycles. The Balaban J connectivity index is 1.19. The lowest BCUT2D eigenvalue weighted by Gasteiger charge is -2.36. The van der Waals surface area contributed by atoms with Crippen molar-refractivity contribution in [3.05, 3.63) is 46.4 Å². The Kier molecular flexibility index (Phi) is 9.18. The van der Waals surface area contributed by atoms with E-state index in [-0.39, 0.29) is 18.9 Å². The summed E-state index contributed by atoms with van der Waals surface area (Å²) < 4.78 is 11.5. The molecule has 194 valence electrons. The van der Waals surface area contributed by atoms with Gasteiger partial charge in [-0.3, -0.25) is 14.5 Å². The minimum Gasteiger partial charge on any atom is -0.494 e.